The number of nitrogens with zero attached hydrogens (tertiary/aromatic N) is 1. The van der Waals surface area contributed by atoms with Crippen molar-refractivity contribution in [3.63, 3.8) is 0 Å². The van der Waals surface area contributed by atoms with Gasteiger partial charge in [0.15, 0.2) is 0 Å². The zero-order valence-corrected chi connectivity index (χ0v) is 11.0. The van der Waals surface area contributed by atoms with Crippen molar-refractivity contribution in [2.45, 2.75) is 50.7 Å². The highest BCUT2D eigenvalue weighted by molar-refractivity contribution is 5.12. The molecule has 0 aromatic rings. The molecule has 0 bridgehead atoms. The molecule has 1 saturated carbocycles. The summed E-state index contributed by atoms with van der Waals surface area (Å²) in [6.07, 6.45) is 4.92. The average molecular weight is 240 g/mol. The third-order valence-corrected chi connectivity index (χ3v) is 3.24. The number of hydrogen-bond donors (Lipinski definition) is 1. The predicted octanol–water partition coefficient (Wildman–Crippen LogP) is 1.85. The topological polar surface area (TPSA) is 54.3 Å². The molecule has 0 amide bonds. The van der Waals surface area contributed by atoms with Crippen molar-refractivity contribution in [1.29, 1.82) is 5.26 Å². The molecule has 0 spiro atoms. The summed E-state index contributed by atoms with van der Waals surface area (Å²) in [5.74, 6) is 0. The van der Waals surface area contributed by atoms with E-state index in [0.717, 1.165) is 51.9 Å². The quantitative estimate of drug-likeness (QED) is 0.658. The van der Waals surface area contributed by atoms with E-state index in [1.807, 2.05) is 0 Å². The van der Waals surface area contributed by atoms with E-state index >= 15 is 0 Å². The van der Waals surface area contributed by atoms with Gasteiger partial charge in [-0.15, -0.1) is 0 Å². The van der Waals surface area contributed by atoms with Crippen LogP contribution < -0.4 is 5.32 Å². The van der Waals surface area contributed by atoms with Crippen molar-refractivity contribution in [2.24, 2.45) is 0 Å². The highest BCUT2D eigenvalue weighted by Crippen LogP contribution is 2.31. The molecular formula is C13H24N2O2. The molecule has 1 aliphatic carbocycles. The molecule has 1 aliphatic rings. The van der Waals surface area contributed by atoms with Crippen LogP contribution in [0.2, 0.25) is 0 Å². The Morgan fingerprint density at radius 3 is 2.94 bits per heavy atom. The first-order chi connectivity index (χ1) is 8.26. The van der Waals surface area contributed by atoms with Crippen LogP contribution in [0.15, 0.2) is 0 Å². The number of ether oxygens (including phenoxy) is 2. The SMILES string of the molecule is CCCNC1(C#N)CCC(OCCCOC)C1. The van der Waals surface area contributed by atoms with Gasteiger partial charge in [0.1, 0.15) is 5.54 Å². The maximum atomic E-state index is 9.28. The molecule has 2 atom stereocenters. The number of hydrogen-bond acceptors (Lipinski definition) is 4. The fraction of sp³-hybridized carbons (Fsp3) is 0.923. The Balaban J connectivity index is 2.27. The molecule has 2 unspecified atom stereocenters. The lowest BCUT2D eigenvalue weighted by atomic mass is 9.99. The smallest absolute Gasteiger partial charge is 0.109 e. The van der Waals surface area contributed by atoms with Gasteiger partial charge >= 0.3 is 0 Å². The van der Waals surface area contributed by atoms with E-state index in [-0.39, 0.29) is 11.6 Å². The molecule has 98 valence electrons. The van der Waals surface area contributed by atoms with Gasteiger partial charge in [-0.2, -0.15) is 5.26 Å². The summed E-state index contributed by atoms with van der Waals surface area (Å²) in [6, 6.07) is 2.43. The van der Waals surface area contributed by atoms with Gasteiger partial charge in [0.25, 0.3) is 0 Å². The number of methoxy groups -OCH3 is 1. The van der Waals surface area contributed by atoms with Gasteiger partial charge in [-0.3, -0.25) is 5.32 Å². The molecule has 0 radical (unpaired) electrons. The van der Waals surface area contributed by atoms with E-state index in [4.69, 9.17) is 9.47 Å². The van der Waals surface area contributed by atoms with Gasteiger partial charge in [0.2, 0.25) is 0 Å². The van der Waals surface area contributed by atoms with E-state index in [2.05, 4.69) is 18.3 Å². The summed E-state index contributed by atoms with van der Waals surface area (Å²) in [6.45, 7) is 4.49. The molecule has 4 nitrogen and oxygen atoms in total. The van der Waals surface area contributed by atoms with Gasteiger partial charge in [0, 0.05) is 26.7 Å². The van der Waals surface area contributed by atoms with Gasteiger partial charge in [0.05, 0.1) is 12.2 Å². The van der Waals surface area contributed by atoms with E-state index in [0.29, 0.717) is 0 Å². The average Bonchev–Trinajstić information content (AvgIpc) is 2.77. The minimum absolute atomic E-state index is 0.232. The molecule has 0 saturated heterocycles. The van der Waals surface area contributed by atoms with Crippen LogP contribution in [0.4, 0.5) is 0 Å². The second kappa shape index (κ2) is 7.65. The van der Waals surface area contributed by atoms with Gasteiger partial charge in [-0.25, -0.2) is 0 Å². The van der Waals surface area contributed by atoms with Crippen molar-refractivity contribution < 1.29 is 9.47 Å². The standard InChI is InChI=1S/C13H24N2O2/c1-3-7-15-13(11-14)6-5-12(10-13)17-9-4-8-16-2/h12,15H,3-10H2,1-2H3. The lowest BCUT2D eigenvalue weighted by Crippen LogP contribution is -2.42. The maximum absolute atomic E-state index is 9.28. The Bertz CT molecular complexity index is 252. The van der Waals surface area contributed by atoms with E-state index < -0.39 is 0 Å². The highest BCUT2D eigenvalue weighted by atomic mass is 16.5. The largest absolute Gasteiger partial charge is 0.385 e. The van der Waals surface area contributed by atoms with Crippen molar-refractivity contribution in [2.75, 3.05) is 26.9 Å². The fourth-order valence-corrected chi connectivity index (χ4v) is 2.26. The van der Waals surface area contributed by atoms with Crippen LogP contribution in [-0.4, -0.2) is 38.5 Å². The summed E-state index contributed by atoms with van der Waals surface area (Å²) in [5.41, 5.74) is -0.345. The highest BCUT2D eigenvalue weighted by Gasteiger charge is 2.39. The summed E-state index contributed by atoms with van der Waals surface area (Å²) in [7, 11) is 1.70. The van der Waals surface area contributed by atoms with Crippen molar-refractivity contribution in [1.82, 2.24) is 5.32 Å². The zero-order valence-electron chi connectivity index (χ0n) is 11.0. The van der Waals surface area contributed by atoms with E-state index in [1.165, 1.54) is 0 Å². The first-order valence-electron chi connectivity index (χ1n) is 6.53. The van der Waals surface area contributed by atoms with Crippen LogP contribution in [0.1, 0.15) is 39.0 Å². The Kier molecular flexibility index (Phi) is 6.49. The number of nitriles is 1. The van der Waals surface area contributed by atoms with Gasteiger partial charge < -0.3 is 9.47 Å². The van der Waals surface area contributed by atoms with E-state index in [9.17, 15) is 5.26 Å². The lowest BCUT2D eigenvalue weighted by Gasteiger charge is -2.22. The van der Waals surface area contributed by atoms with Crippen LogP contribution in [-0.2, 0) is 9.47 Å². The molecule has 17 heavy (non-hydrogen) atoms. The molecule has 0 aliphatic heterocycles. The lowest BCUT2D eigenvalue weighted by molar-refractivity contribution is 0.0409. The molecule has 0 aromatic heterocycles. The van der Waals surface area contributed by atoms with Crippen LogP contribution >= 0.6 is 0 Å². The van der Waals surface area contributed by atoms with Gasteiger partial charge in [-0.1, -0.05) is 6.92 Å². The third kappa shape index (κ3) is 4.63. The second-order valence-corrected chi connectivity index (χ2v) is 4.70. The van der Waals surface area contributed by atoms with Crippen LogP contribution in [0.25, 0.3) is 0 Å². The minimum atomic E-state index is -0.345. The van der Waals surface area contributed by atoms with Gasteiger partial charge in [-0.05, 0) is 32.2 Å². The predicted molar refractivity (Wildman–Crippen MR) is 66.7 cm³/mol. The monoisotopic (exact) mass is 240 g/mol. The molecule has 1 fully saturated rings. The molecule has 1 rings (SSSR count). The van der Waals surface area contributed by atoms with Crippen molar-refractivity contribution >= 4 is 0 Å². The minimum Gasteiger partial charge on any atom is -0.385 e. The zero-order chi connectivity index (χ0) is 12.6. The Labute approximate surface area is 104 Å². The summed E-state index contributed by atoms with van der Waals surface area (Å²) >= 11 is 0. The normalized spacial score (nSPS) is 28.2. The fourth-order valence-electron chi connectivity index (χ4n) is 2.26. The molecule has 4 heteroatoms. The number of nitrogens with one attached hydrogen (secondary N) is 1. The Morgan fingerprint density at radius 2 is 2.29 bits per heavy atom. The van der Waals surface area contributed by atoms with Crippen LogP contribution in [0, 0.1) is 11.3 Å². The number of rotatable bonds is 8. The molecule has 0 aromatic carbocycles. The summed E-state index contributed by atoms with van der Waals surface area (Å²) in [4.78, 5) is 0. The first kappa shape index (κ1) is 14.4. The Hall–Kier alpha value is -0.630. The first-order valence-corrected chi connectivity index (χ1v) is 6.53. The van der Waals surface area contributed by atoms with Crippen LogP contribution in [0.5, 0.6) is 0 Å². The second-order valence-electron chi connectivity index (χ2n) is 4.70. The summed E-state index contributed by atoms with van der Waals surface area (Å²) in [5, 5.41) is 12.6. The van der Waals surface area contributed by atoms with Crippen LogP contribution in [0.3, 0.4) is 0 Å². The summed E-state index contributed by atoms with van der Waals surface area (Å²) < 4.78 is 10.7. The maximum Gasteiger partial charge on any atom is 0.109 e. The molecule has 1 N–H and O–H groups in total. The molecular weight excluding hydrogens is 216 g/mol. The third-order valence-electron chi connectivity index (χ3n) is 3.24. The van der Waals surface area contributed by atoms with Crippen molar-refractivity contribution in [3.05, 3.63) is 0 Å². The molecule has 0 heterocycles. The van der Waals surface area contributed by atoms with Crippen molar-refractivity contribution in [3.8, 4) is 6.07 Å². The Morgan fingerprint density at radius 1 is 1.47 bits per heavy atom. The van der Waals surface area contributed by atoms with E-state index in [1.54, 1.807) is 7.11 Å².